The number of isothiocyanates is 1. The zero-order chi connectivity index (χ0) is 33.7. The van der Waals surface area contributed by atoms with Crippen LogP contribution in [0, 0.1) is 4.91 Å². The molecule has 6 aromatic rings. The quantitative estimate of drug-likeness (QED) is 0.0614. The highest BCUT2D eigenvalue weighted by Gasteiger charge is 2.20. The Bertz CT molecular complexity index is 1800. The number of aromatic nitrogens is 4. The predicted octanol–water partition coefficient (Wildman–Crippen LogP) is 8.47. The maximum Gasteiger partial charge on any atom is 0.117 e. The Morgan fingerprint density at radius 1 is 0.531 bits per heavy atom. The largest absolute Gasteiger partial charge is 0.287 e. The van der Waals surface area contributed by atoms with Crippen molar-refractivity contribution >= 4 is 28.8 Å². The predicted molar refractivity (Wildman–Crippen MR) is 195 cm³/mol. The Hall–Kier alpha value is -5.64. The lowest BCUT2D eigenvalue weighted by molar-refractivity contribution is 0.238. The van der Waals surface area contributed by atoms with Gasteiger partial charge in [0.2, 0.25) is 0 Å². The van der Waals surface area contributed by atoms with Gasteiger partial charge in [0.1, 0.15) is 5.69 Å². The van der Waals surface area contributed by atoms with Gasteiger partial charge >= 0.3 is 0 Å². The van der Waals surface area contributed by atoms with Crippen molar-refractivity contribution in [3.63, 3.8) is 0 Å². The molecule has 0 saturated heterocycles. The summed E-state index contributed by atoms with van der Waals surface area (Å²) in [7, 11) is 0. The topological polar surface area (TPSA) is 99.8 Å². The lowest BCUT2D eigenvalue weighted by Gasteiger charge is -2.26. The average Bonchev–Trinajstić information content (AvgIpc) is 3.14. The highest BCUT2D eigenvalue weighted by Crippen LogP contribution is 2.35. The number of rotatable bonds is 15. The standard InChI is InChI=1S/C39H34N8OS/c48-45-39-32(23-46(25-35-9-1-5-17-40-35)26-36-10-2-6-18-41-36)21-31(30-13-15-34(16-14-30)44-29-49)22-33(39)24-47(27-37-11-3-7-19-42-37)28-38-12-4-8-20-43-38/h1-22H,23-28H2. The van der Waals surface area contributed by atoms with Gasteiger partial charge in [0.25, 0.3) is 0 Å². The van der Waals surface area contributed by atoms with E-state index >= 15 is 0 Å². The van der Waals surface area contributed by atoms with Gasteiger partial charge in [-0.15, -0.1) is 4.91 Å². The van der Waals surface area contributed by atoms with Crippen LogP contribution in [0.3, 0.4) is 0 Å². The van der Waals surface area contributed by atoms with Crippen molar-refractivity contribution in [2.45, 2.75) is 39.3 Å². The van der Waals surface area contributed by atoms with Crippen molar-refractivity contribution in [2.75, 3.05) is 0 Å². The monoisotopic (exact) mass is 662 g/mol. The molecule has 49 heavy (non-hydrogen) atoms. The van der Waals surface area contributed by atoms with Crippen LogP contribution < -0.4 is 0 Å². The molecule has 2 aromatic carbocycles. The zero-order valence-electron chi connectivity index (χ0n) is 26.8. The van der Waals surface area contributed by atoms with Crippen molar-refractivity contribution in [3.8, 4) is 11.1 Å². The molecule has 0 saturated carbocycles. The molecule has 0 bridgehead atoms. The molecule has 6 rings (SSSR count). The van der Waals surface area contributed by atoms with Crippen molar-refractivity contribution in [2.24, 2.45) is 10.2 Å². The molecule has 0 spiro atoms. The van der Waals surface area contributed by atoms with Gasteiger partial charge in [-0.1, -0.05) is 36.4 Å². The normalized spacial score (nSPS) is 11.0. The van der Waals surface area contributed by atoms with Gasteiger partial charge in [0.05, 0.1) is 33.6 Å². The molecule has 9 nitrogen and oxygen atoms in total. The summed E-state index contributed by atoms with van der Waals surface area (Å²) in [5, 5.41) is 6.11. The van der Waals surface area contributed by atoms with E-state index in [2.05, 4.69) is 57.2 Å². The Morgan fingerprint density at radius 2 is 0.939 bits per heavy atom. The Kier molecular flexibility index (Phi) is 11.5. The van der Waals surface area contributed by atoms with Crippen LogP contribution in [0.25, 0.3) is 11.1 Å². The average molecular weight is 663 g/mol. The highest BCUT2D eigenvalue weighted by molar-refractivity contribution is 7.78. The lowest BCUT2D eigenvalue weighted by atomic mass is 9.96. The molecular weight excluding hydrogens is 629 g/mol. The smallest absolute Gasteiger partial charge is 0.117 e. The van der Waals surface area contributed by atoms with E-state index in [-0.39, 0.29) is 0 Å². The van der Waals surface area contributed by atoms with Crippen molar-refractivity contribution < 1.29 is 0 Å². The van der Waals surface area contributed by atoms with Crippen LogP contribution in [0.4, 0.5) is 11.4 Å². The number of nitroso groups, excluding NO2 is 1. The summed E-state index contributed by atoms with van der Waals surface area (Å²) >= 11 is 4.81. The fraction of sp³-hybridized carbons (Fsp3) is 0.154. The molecule has 0 unspecified atom stereocenters. The van der Waals surface area contributed by atoms with E-state index < -0.39 is 0 Å². The van der Waals surface area contributed by atoms with Gasteiger partial charge in [-0.25, -0.2) is 0 Å². The van der Waals surface area contributed by atoms with Gasteiger partial charge in [0, 0.05) is 64.1 Å². The fourth-order valence-corrected chi connectivity index (χ4v) is 5.87. The Morgan fingerprint density at radius 3 is 1.27 bits per heavy atom. The fourth-order valence-electron chi connectivity index (χ4n) is 5.77. The molecule has 0 aliphatic heterocycles. The second kappa shape index (κ2) is 17.0. The number of aliphatic imine (C=N–C) groups is 1. The van der Waals surface area contributed by atoms with E-state index in [1.807, 2.05) is 97.1 Å². The van der Waals surface area contributed by atoms with E-state index in [4.69, 9.17) is 12.2 Å². The third-order valence-electron chi connectivity index (χ3n) is 7.97. The number of nitrogens with zero attached hydrogens (tertiary/aromatic N) is 8. The van der Waals surface area contributed by atoms with E-state index in [0.29, 0.717) is 45.0 Å². The molecule has 0 atom stereocenters. The van der Waals surface area contributed by atoms with E-state index in [0.717, 1.165) is 50.7 Å². The maximum absolute atomic E-state index is 12.8. The number of benzene rings is 2. The molecule has 0 aliphatic carbocycles. The molecule has 4 aromatic heterocycles. The van der Waals surface area contributed by atoms with Crippen LogP contribution in [0.1, 0.15) is 33.9 Å². The summed E-state index contributed by atoms with van der Waals surface area (Å²) in [6, 6.07) is 35.5. The Balaban J connectivity index is 1.42. The minimum Gasteiger partial charge on any atom is -0.287 e. The highest BCUT2D eigenvalue weighted by atomic mass is 32.1. The molecule has 4 heterocycles. The van der Waals surface area contributed by atoms with Gasteiger partial charge in [-0.05, 0) is 112 Å². The number of thiocarbonyl (C=S) groups is 1. The first-order valence-corrected chi connectivity index (χ1v) is 16.3. The van der Waals surface area contributed by atoms with E-state index in [1.54, 1.807) is 24.8 Å². The van der Waals surface area contributed by atoms with Crippen LogP contribution in [0.5, 0.6) is 0 Å². The number of hydrogen-bond acceptors (Lipinski definition) is 10. The maximum atomic E-state index is 12.8. The summed E-state index contributed by atoms with van der Waals surface area (Å²) in [5.74, 6) is 0. The molecule has 0 N–H and O–H groups in total. The third kappa shape index (κ3) is 9.47. The van der Waals surface area contributed by atoms with Crippen LogP contribution >= 0.6 is 12.2 Å². The van der Waals surface area contributed by atoms with Crippen LogP contribution in [0.15, 0.2) is 144 Å². The first kappa shape index (κ1) is 33.3. The third-order valence-corrected chi connectivity index (χ3v) is 8.06. The Labute approximate surface area is 291 Å². The van der Waals surface area contributed by atoms with Crippen LogP contribution in [-0.2, 0) is 39.3 Å². The first-order valence-electron chi connectivity index (χ1n) is 15.9. The van der Waals surface area contributed by atoms with E-state index in [9.17, 15) is 4.91 Å². The van der Waals surface area contributed by atoms with E-state index in [1.165, 1.54) is 0 Å². The van der Waals surface area contributed by atoms with Crippen LogP contribution in [-0.4, -0.2) is 34.9 Å². The number of pyridine rings is 4. The van der Waals surface area contributed by atoms with Crippen molar-refractivity contribution in [3.05, 3.63) is 173 Å². The summed E-state index contributed by atoms with van der Waals surface area (Å²) < 4.78 is 0. The summed E-state index contributed by atoms with van der Waals surface area (Å²) in [6.45, 7) is 3.14. The van der Waals surface area contributed by atoms with Crippen molar-refractivity contribution in [1.82, 2.24) is 29.7 Å². The van der Waals surface area contributed by atoms with Gasteiger partial charge < -0.3 is 0 Å². The minimum atomic E-state index is 0.421. The molecule has 10 heteroatoms. The summed E-state index contributed by atoms with van der Waals surface area (Å²) in [5.41, 5.74) is 8.38. The van der Waals surface area contributed by atoms with Gasteiger partial charge in [0.15, 0.2) is 0 Å². The molecular formula is C39H34N8OS. The lowest BCUT2D eigenvalue weighted by Crippen LogP contribution is -2.25. The molecule has 242 valence electrons. The molecule has 0 aliphatic rings. The molecule has 0 amide bonds. The van der Waals surface area contributed by atoms with Gasteiger partial charge in [-0.2, -0.15) is 4.99 Å². The zero-order valence-corrected chi connectivity index (χ0v) is 27.7. The van der Waals surface area contributed by atoms with Gasteiger partial charge in [-0.3, -0.25) is 29.7 Å². The molecule has 0 fully saturated rings. The molecule has 0 radical (unpaired) electrons. The SMILES string of the molecule is O=Nc1c(CN(Cc2ccccn2)Cc2ccccn2)cc(-c2ccc(N=C=S)cc2)cc1CN(Cc1ccccn1)Cc1ccccn1. The first-order chi connectivity index (χ1) is 24.2. The second-order valence-corrected chi connectivity index (χ2v) is 11.7. The number of hydrogen-bond donors (Lipinski definition) is 0. The second-order valence-electron chi connectivity index (χ2n) is 11.6. The summed E-state index contributed by atoms with van der Waals surface area (Å²) in [4.78, 5) is 39.8. The van der Waals surface area contributed by atoms with Crippen molar-refractivity contribution in [1.29, 1.82) is 0 Å². The minimum absolute atomic E-state index is 0.421. The van der Waals surface area contributed by atoms with Crippen LogP contribution in [0.2, 0.25) is 0 Å². The summed E-state index contributed by atoms with van der Waals surface area (Å²) in [6.07, 6.45) is 7.17.